The molecule has 4 heteroatoms. The second-order valence-corrected chi connectivity index (χ2v) is 5.60. The Labute approximate surface area is 127 Å². The fraction of sp³-hybridized carbons (Fsp3) is 0.471. The Kier molecular flexibility index (Phi) is 5.67. The van der Waals surface area contributed by atoms with Crippen molar-refractivity contribution < 1.29 is 4.74 Å². The van der Waals surface area contributed by atoms with Gasteiger partial charge in [-0.1, -0.05) is 32.9 Å². The van der Waals surface area contributed by atoms with E-state index in [1.165, 1.54) is 5.69 Å². The van der Waals surface area contributed by atoms with Crippen LogP contribution in [0.25, 0.3) is 0 Å². The molecule has 114 valence electrons. The predicted molar refractivity (Wildman–Crippen MR) is 86.6 cm³/mol. The highest BCUT2D eigenvalue weighted by Gasteiger charge is 2.06. The van der Waals surface area contributed by atoms with Crippen molar-refractivity contribution >= 4 is 5.69 Å². The summed E-state index contributed by atoms with van der Waals surface area (Å²) in [6.07, 6.45) is 2.94. The van der Waals surface area contributed by atoms with Gasteiger partial charge >= 0.3 is 0 Å². The van der Waals surface area contributed by atoms with Gasteiger partial charge in [0.15, 0.2) is 0 Å². The van der Waals surface area contributed by atoms with Gasteiger partial charge in [-0.2, -0.15) is 5.10 Å². The third-order valence-corrected chi connectivity index (χ3v) is 3.16. The van der Waals surface area contributed by atoms with Gasteiger partial charge in [0.2, 0.25) is 0 Å². The predicted octanol–water partition coefficient (Wildman–Crippen LogP) is 3.94. The number of rotatable bonds is 8. The first-order valence-electron chi connectivity index (χ1n) is 7.67. The summed E-state index contributed by atoms with van der Waals surface area (Å²) in [4.78, 5) is 0. The molecule has 1 aromatic carbocycles. The molecule has 4 nitrogen and oxygen atoms in total. The lowest BCUT2D eigenvalue weighted by molar-refractivity contribution is 0.272. The van der Waals surface area contributed by atoms with Gasteiger partial charge < -0.3 is 10.1 Å². The third kappa shape index (κ3) is 4.52. The van der Waals surface area contributed by atoms with Crippen molar-refractivity contribution in [3.8, 4) is 5.75 Å². The third-order valence-electron chi connectivity index (χ3n) is 3.16. The fourth-order valence-corrected chi connectivity index (χ4v) is 2.10. The summed E-state index contributed by atoms with van der Waals surface area (Å²) in [6, 6.07) is 10.1. The molecule has 1 aromatic heterocycles. The Morgan fingerprint density at radius 3 is 2.81 bits per heavy atom. The summed E-state index contributed by atoms with van der Waals surface area (Å²) in [7, 11) is 0. The van der Waals surface area contributed by atoms with Gasteiger partial charge in [0.25, 0.3) is 0 Å². The molecule has 1 N–H and O–H groups in total. The van der Waals surface area contributed by atoms with Crippen LogP contribution in [0.5, 0.6) is 5.75 Å². The van der Waals surface area contributed by atoms with E-state index in [4.69, 9.17) is 4.74 Å². The first-order valence-corrected chi connectivity index (χ1v) is 7.67. The van der Waals surface area contributed by atoms with Crippen molar-refractivity contribution in [3.63, 3.8) is 0 Å². The minimum absolute atomic E-state index is 0.518. The minimum atomic E-state index is 0.518. The molecular formula is C17H25N3O. The van der Waals surface area contributed by atoms with Crippen LogP contribution < -0.4 is 10.1 Å². The average molecular weight is 287 g/mol. The van der Waals surface area contributed by atoms with Crippen LogP contribution in [-0.2, 0) is 13.1 Å². The summed E-state index contributed by atoms with van der Waals surface area (Å²) in [5.41, 5.74) is 2.22. The topological polar surface area (TPSA) is 39.1 Å². The first-order chi connectivity index (χ1) is 10.2. The van der Waals surface area contributed by atoms with E-state index in [0.717, 1.165) is 37.6 Å². The minimum Gasteiger partial charge on any atom is -0.491 e. The number of nitrogens with one attached hydrogen (secondary N) is 1. The molecule has 0 unspecified atom stereocenters. The van der Waals surface area contributed by atoms with E-state index in [2.05, 4.69) is 43.3 Å². The van der Waals surface area contributed by atoms with Crippen LogP contribution in [0, 0.1) is 5.92 Å². The smallest absolute Gasteiger partial charge is 0.142 e. The maximum atomic E-state index is 5.86. The van der Waals surface area contributed by atoms with E-state index < -0.39 is 0 Å². The van der Waals surface area contributed by atoms with E-state index in [-0.39, 0.29) is 0 Å². The highest BCUT2D eigenvalue weighted by Crippen LogP contribution is 2.24. The van der Waals surface area contributed by atoms with Crippen LogP contribution in [-0.4, -0.2) is 16.4 Å². The monoisotopic (exact) mass is 287 g/mol. The molecule has 0 spiro atoms. The Balaban J connectivity index is 2.00. The molecule has 0 saturated carbocycles. The molecule has 2 rings (SSSR count). The van der Waals surface area contributed by atoms with Crippen molar-refractivity contribution in [2.45, 2.75) is 40.3 Å². The Morgan fingerprint density at radius 2 is 2.05 bits per heavy atom. The van der Waals surface area contributed by atoms with Crippen molar-refractivity contribution in [1.29, 1.82) is 0 Å². The van der Waals surface area contributed by atoms with Crippen LogP contribution in [0.2, 0.25) is 0 Å². The molecule has 0 atom stereocenters. The number of para-hydroxylation sites is 2. The normalized spacial score (nSPS) is 10.9. The standard InChI is InChI=1S/C17H25N3O/c1-4-11-20-15(9-10-19-20)12-18-16-7-5-6-8-17(16)21-13-14(2)3/h5-10,14,18H,4,11-13H2,1-3H3. The molecule has 0 saturated heterocycles. The Hall–Kier alpha value is -1.97. The largest absolute Gasteiger partial charge is 0.491 e. The molecule has 0 fully saturated rings. The number of aryl methyl sites for hydroxylation is 1. The van der Waals surface area contributed by atoms with Gasteiger partial charge in [0, 0.05) is 12.7 Å². The van der Waals surface area contributed by atoms with Gasteiger partial charge in [0.05, 0.1) is 24.5 Å². The second kappa shape index (κ2) is 7.72. The lowest BCUT2D eigenvalue weighted by Crippen LogP contribution is -2.10. The number of anilines is 1. The number of ether oxygens (including phenoxy) is 1. The molecule has 0 bridgehead atoms. The summed E-state index contributed by atoms with van der Waals surface area (Å²) < 4.78 is 7.91. The lowest BCUT2D eigenvalue weighted by atomic mass is 10.2. The average Bonchev–Trinajstić information content (AvgIpc) is 2.91. The van der Waals surface area contributed by atoms with E-state index >= 15 is 0 Å². The molecular weight excluding hydrogens is 262 g/mol. The number of aromatic nitrogens is 2. The maximum Gasteiger partial charge on any atom is 0.142 e. The molecule has 1 heterocycles. The SMILES string of the molecule is CCCn1nccc1CNc1ccccc1OCC(C)C. The van der Waals surface area contributed by atoms with Crippen molar-refractivity contribution in [1.82, 2.24) is 9.78 Å². The van der Waals surface area contributed by atoms with Crippen LogP contribution in [0.1, 0.15) is 32.9 Å². The molecule has 21 heavy (non-hydrogen) atoms. The van der Waals surface area contributed by atoms with Crippen molar-refractivity contribution in [3.05, 3.63) is 42.2 Å². The van der Waals surface area contributed by atoms with E-state index in [0.29, 0.717) is 5.92 Å². The molecule has 0 aliphatic heterocycles. The zero-order chi connectivity index (χ0) is 15.1. The van der Waals surface area contributed by atoms with Gasteiger partial charge in [0.1, 0.15) is 5.75 Å². The fourth-order valence-electron chi connectivity index (χ4n) is 2.10. The number of hydrogen-bond acceptors (Lipinski definition) is 3. The van der Waals surface area contributed by atoms with Gasteiger partial charge in [-0.3, -0.25) is 4.68 Å². The quantitative estimate of drug-likeness (QED) is 0.799. The van der Waals surface area contributed by atoms with Crippen molar-refractivity contribution in [2.75, 3.05) is 11.9 Å². The van der Waals surface area contributed by atoms with Gasteiger partial charge in [-0.05, 0) is 30.5 Å². The summed E-state index contributed by atoms with van der Waals surface area (Å²) in [6.45, 7) is 8.90. The molecule has 0 aliphatic rings. The zero-order valence-corrected chi connectivity index (χ0v) is 13.2. The zero-order valence-electron chi connectivity index (χ0n) is 13.2. The van der Waals surface area contributed by atoms with Gasteiger partial charge in [-0.15, -0.1) is 0 Å². The van der Waals surface area contributed by atoms with E-state index in [1.54, 1.807) is 0 Å². The molecule has 2 aromatic rings. The number of hydrogen-bond donors (Lipinski definition) is 1. The molecule has 0 radical (unpaired) electrons. The maximum absolute atomic E-state index is 5.86. The van der Waals surface area contributed by atoms with Crippen LogP contribution in [0.3, 0.4) is 0 Å². The lowest BCUT2D eigenvalue weighted by Gasteiger charge is -2.15. The summed E-state index contributed by atoms with van der Waals surface area (Å²) in [5, 5.41) is 7.80. The summed E-state index contributed by atoms with van der Waals surface area (Å²) in [5.74, 6) is 1.43. The highest BCUT2D eigenvalue weighted by atomic mass is 16.5. The van der Waals surface area contributed by atoms with Gasteiger partial charge in [-0.25, -0.2) is 0 Å². The molecule has 0 aliphatic carbocycles. The number of benzene rings is 1. The van der Waals surface area contributed by atoms with E-state index in [1.807, 2.05) is 29.1 Å². The van der Waals surface area contributed by atoms with Crippen LogP contribution >= 0.6 is 0 Å². The van der Waals surface area contributed by atoms with Crippen molar-refractivity contribution in [2.24, 2.45) is 5.92 Å². The summed E-state index contributed by atoms with van der Waals surface area (Å²) >= 11 is 0. The molecule has 0 amide bonds. The first kappa shape index (κ1) is 15.4. The second-order valence-electron chi connectivity index (χ2n) is 5.60. The highest BCUT2D eigenvalue weighted by molar-refractivity contribution is 5.56. The number of nitrogens with zero attached hydrogens (tertiary/aromatic N) is 2. The Bertz CT molecular complexity index is 548. The Morgan fingerprint density at radius 1 is 1.24 bits per heavy atom. The van der Waals surface area contributed by atoms with E-state index in [9.17, 15) is 0 Å². The van der Waals surface area contributed by atoms with Crippen LogP contribution in [0.15, 0.2) is 36.5 Å². The van der Waals surface area contributed by atoms with Crippen LogP contribution in [0.4, 0.5) is 5.69 Å².